The molecule has 0 heterocycles. The zero-order valence-electron chi connectivity index (χ0n) is 14.3. The summed E-state index contributed by atoms with van der Waals surface area (Å²) in [6, 6.07) is 21.1. The van der Waals surface area contributed by atoms with E-state index in [0.717, 1.165) is 22.6 Å². The van der Waals surface area contributed by atoms with Crippen molar-refractivity contribution in [3.8, 4) is 11.5 Å². The molecule has 5 heteroatoms. The fourth-order valence-corrected chi connectivity index (χ4v) is 2.81. The molecule has 0 unspecified atom stereocenters. The molecule has 0 amide bonds. The van der Waals surface area contributed by atoms with Crippen molar-refractivity contribution in [3.05, 3.63) is 87.9 Å². The van der Waals surface area contributed by atoms with Gasteiger partial charge in [0.1, 0.15) is 18.1 Å². The lowest BCUT2D eigenvalue weighted by atomic mass is 10.2. The van der Waals surface area contributed by atoms with Gasteiger partial charge >= 0.3 is 0 Å². The van der Waals surface area contributed by atoms with Crippen LogP contribution in [0.15, 0.2) is 66.7 Å². The summed E-state index contributed by atoms with van der Waals surface area (Å²) in [5.74, 6) is 1.50. The zero-order valence-corrected chi connectivity index (χ0v) is 15.8. The Morgan fingerprint density at radius 3 is 2.19 bits per heavy atom. The summed E-state index contributed by atoms with van der Waals surface area (Å²) in [6.07, 6.45) is 0. The second kappa shape index (κ2) is 8.84. The maximum atomic E-state index is 6.35. The van der Waals surface area contributed by atoms with Crippen LogP contribution in [0.5, 0.6) is 11.5 Å². The molecule has 0 fully saturated rings. The Kier molecular flexibility index (Phi) is 6.26. The second-order valence-corrected chi connectivity index (χ2v) is 6.61. The number of methoxy groups -OCH3 is 1. The zero-order chi connectivity index (χ0) is 18.4. The van der Waals surface area contributed by atoms with Gasteiger partial charge in [-0.2, -0.15) is 0 Å². The smallest absolute Gasteiger partial charge is 0.138 e. The van der Waals surface area contributed by atoms with E-state index in [1.54, 1.807) is 7.11 Å². The average Bonchev–Trinajstić information content (AvgIpc) is 2.67. The average molecular weight is 388 g/mol. The number of nitrogens with one attached hydrogen (secondary N) is 1. The molecular weight excluding hydrogens is 369 g/mol. The van der Waals surface area contributed by atoms with Crippen LogP contribution in [-0.2, 0) is 13.2 Å². The van der Waals surface area contributed by atoms with Gasteiger partial charge in [0.15, 0.2) is 0 Å². The van der Waals surface area contributed by atoms with E-state index >= 15 is 0 Å². The first-order chi connectivity index (χ1) is 12.6. The molecule has 3 aromatic carbocycles. The molecule has 0 saturated carbocycles. The maximum absolute atomic E-state index is 6.35. The van der Waals surface area contributed by atoms with E-state index in [2.05, 4.69) is 5.32 Å². The Hall–Kier alpha value is -2.36. The van der Waals surface area contributed by atoms with Gasteiger partial charge in [-0.3, -0.25) is 0 Å². The van der Waals surface area contributed by atoms with E-state index in [9.17, 15) is 0 Å². The van der Waals surface area contributed by atoms with Gasteiger partial charge in [0.05, 0.1) is 12.1 Å². The van der Waals surface area contributed by atoms with Crippen LogP contribution >= 0.6 is 23.2 Å². The van der Waals surface area contributed by atoms with Crippen molar-refractivity contribution in [1.82, 2.24) is 0 Å². The minimum absolute atomic E-state index is 0.445. The molecule has 3 aromatic rings. The number of benzene rings is 3. The number of halogens is 2. The minimum atomic E-state index is 0.445. The van der Waals surface area contributed by atoms with Crippen LogP contribution < -0.4 is 14.8 Å². The van der Waals surface area contributed by atoms with Gasteiger partial charge in [0.25, 0.3) is 0 Å². The van der Waals surface area contributed by atoms with Crippen molar-refractivity contribution in [1.29, 1.82) is 0 Å². The standard InChI is InChI=1S/C21H19Cl2NO2/c1-25-19-9-7-18(8-10-19)24-13-16-4-11-21(20(23)12-16)26-14-15-2-5-17(22)6-3-15/h2-12,24H,13-14H2,1H3. The Morgan fingerprint density at radius 1 is 0.846 bits per heavy atom. The summed E-state index contributed by atoms with van der Waals surface area (Å²) in [4.78, 5) is 0. The third kappa shape index (κ3) is 5.07. The molecule has 3 rings (SSSR count). The van der Waals surface area contributed by atoms with Crippen LogP contribution in [0.2, 0.25) is 10.0 Å². The van der Waals surface area contributed by atoms with Crippen molar-refractivity contribution in [2.24, 2.45) is 0 Å². The van der Waals surface area contributed by atoms with E-state index in [1.165, 1.54) is 0 Å². The van der Waals surface area contributed by atoms with Gasteiger partial charge in [-0.15, -0.1) is 0 Å². The van der Waals surface area contributed by atoms with E-state index in [1.807, 2.05) is 66.7 Å². The first kappa shape index (κ1) is 18.4. The predicted molar refractivity (Wildman–Crippen MR) is 108 cm³/mol. The second-order valence-electron chi connectivity index (χ2n) is 5.76. The molecule has 1 N–H and O–H groups in total. The molecule has 0 aromatic heterocycles. The molecule has 0 aliphatic heterocycles. The van der Waals surface area contributed by atoms with E-state index in [0.29, 0.717) is 28.9 Å². The first-order valence-electron chi connectivity index (χ1n) is 8.17. The van der Waals surface area contributed by atoms with Crippen LogP contribution in [0, 0.1) is 0 Å². The number of hydrogen-bond acceptors (Lipinski definition) is 3. The SMILES string of the molecule is COc1ccc(NCc2ccc(OCc3ccc(Cl)cc3)c(Cl)c2)cc1. The Balaban J connectivity index is 1.57. The van der Waals surface area contributed by atoms with Crippen LogP contribution in [0.25, 0.3) is 0 Å². The lowest BCUT2D eigenvalue weighted by Gasteiger charge is -2.11. The molecule has 134 valence electrons. The van der Waals surface area contributed by atoms with Crippen LogP contribution in [-0.4, -0.2) is 7.11 Å². The summed E-state index contributed by atoms with van der Waals surface area (Å²) in [6.45, 7) is 1.11. The van der Waals surface area contributed by atoms with Gasteiger partial charge in [0, 0.05) is 17.3 Å². The monoisotopic (exact) mass is 387 g/mol. The quantitative estimate of drug-likeness (QED) is 0.523. The molecule has 0 atom stereocenters. The van der Waals surface area contributed by atoms with Gasteiger partial charge in [-0.05, 0) is 59.7 Å². The molecule has 3 nitrogen and oxygen atoms in total. The summed E-state index contributed by atoms with van der Waals surface area (Å²) in [5.41, 5.74) is 3.13. The summed E-state index contributed by atoms with van der Waals surface area (Å²) >= 11 is 12.2. The number of anilines is 1. The lowest BCUT2D eigenvalue weighted by molar-refractivity contribution is 0.306. The van der Waals surface area contributed by atoms with E-state index in [4.69, 9.17) is 32.7 Å². The number of ether oxygens (including phenoxy) is 2. The van der Waals surface area contributed by atoms with Gasteiger partial charge in [0.2, 0.25) is 0 Å². The molecule has 0 saturated heterocycles. The highest BCUT2D eigenvalue weighted by Gasteiger charge is 2.04. The predicted octanol–water partition coefficient (Wildman–Crippen LogP) is 6.19. The summed E-state index contributed by atoms with van der Waals surface area (Å²) < 4.78 is 11.0. The Morgan fingerprint density at radius 2 is 1.54 bits per heavy atom. The van der Waals surface area contributed by atoms with Gasteiger partial charge in [-0.25, -0.2) is 0 Å². The van der Waals surface area contributed by atoms with Crippen molar-refractivity contribution in [3.63, 3.8) is 0 Å². The molecular formula is C21H19Cl2NO2. The summed E-state index contributed by atoms with van der Waals surface area (Å²) in [7, 11) is 1.65. The Labute approximate surface area is 163 Å². The highest BCUT2D eigenvalue weighted by molar-refractivity contribution is 6.32. The van der Waals surface area contributed by atoms with Crippen LogP contribution in [0.4, 0.5) is 5.69 Å². The Bertz CT molecular complexity index is 849. The minimum Gasteiger partial charge on any atom is -0.497 e. The first-order valence-corrected chi connectivity index (χ1v) is 8.93. The normalized spacial score (nSPS) is 10.4. The highest BCUT2D eigenvalue weighted by atomic mass is 35.5. The fraction of sp³-hybridized carbons (Fsp3) is 0.143. The van der Waals surface area contributed by atoms with Crippen molar-refractivity contribution >= 4 is 28.9 Å². The van der Waals surface area contributed by atoms with E-state index in [-0.39, 0.29) is 0 Å². The molecule has 0 spiro atoms. The molecule has 0 aliphatic rings. The number of rotatable bonds is 7. The van der Waals surface area contributed by atoms with Crippen molar-refractivity contribution in [2.45, 2.75) is 13.2 Å². The largest absolute Gasteiger partial charge is 0.497 e. The van der Waals surface area contributed by atoms with Gasteiger partial charge < -0.3 is 14.8 Å². The van der Waals surface area contributed by atoms with Crippen LogP contribution in [0.3, 0.4) is 0 Å². The third-order valence-corrected chi connectivity index (χ3v) is 4.44. The third-order valence-electron chi connectivity index (χ3n) is 3.89. The van der Waals surface area contributed by atoms with Crippen LogP contribution in [0.1, 0.15) is 11.1 Å². The fourth-order valence-electron chi connectivity index (χ4n) is 2.43. The molecule has 0 bridgehead atoms. The summed E-state index contributed by atoms with van der Waals surface area (Å²) in [5, 5.41) is 4.65. The topological polar surface area (TPSA) is 30.5 Å². The van der Waals surface area contributed by atoms with Gasteiger partial charge in [-0.1, -0.05) is 41.4 Å². The highest BCUT2D eigenvalue weighted by Crippen LogP contribution is 2.27. The molecule has 26 heavy (non-hydrogen) atoms. The van der Waals surface area contributed by atoms with E-state index < -0.39 is 0 Å². The van der Waals surface area contributed by atoms with Crippen molar-refractivity contribution in [2.75, 3.05) is 12.4 Å². The molecule has 0 radical (unpaired) electrons. The lowest BCUT2D eigenvalue weighted by Crippen LogP contribution is -2.00. The maximum Gasteiger partial charge on any atom is 0.138 e. The van der Waals surface area contributed by atoms with Crippen molar-refractivity contribution < 1.29 is 9.47 Å². The number of hydrogen-bond donors (Lipinski definition) is 1. The molecule has 0 aliphatic carbocycles.